The third-order valence-corrected chi connectivity index (χ3v) is 5.45. The second-order valence-electron chi connectivity index (χ2n) is 6.79. The van der Waals surface area contributed by atoms with E-state index in [1.165, 1.54) is 50.5 Å². The highest BCUT2D eigenvalue weighted by Gasteiger charge is 2.41. The zero-order chi connectivity index (χ0) is 14.5. The van der Waals surface area contributed by atoms with Crippen molar-refractivity contribution in [1.82, 2.24) is 10.3 Å². The first kappa shape index (κ1) is 15.0. The van der Waals surface area contributed by atoms with Gasteiger partial charge in [0, 0.05) is 25.0 Å². The summed E-state index contributed by atoms with van der Waals surface area (Å²) in [4.78, 5) is 4.22. The van der Waals surface area contributed by atoms with Crippen molar-refractivity contribution in [3.8, 4) is 0 Å². The monoisotopic (exact) mass is 288 g/mol. The van der Waals surface area contributed by atoms with E-state index >= 15 is 0 Å². The van der Waals surface area contributed by atoms with Crippen LogP contribution in [-0.2, 0) is 11.2 Å². The van der Waals surface area contributed by atoms with E-state index in [0.29, 0.717) is 6.04 Å². The topological polar surface area (TPSA) is 34.2 Å². The Morgan fingerprint density at radius 2 is 2.29 bits per heavy atom. The van der Waals surface area contributed by atoms with E-state index in [1.807, 2.05) is 18.5 Å². The van der Waals surface area contributed by atoms with E-state index < -0.39 is 0 Å². The number of pyridine rings is 1. The number of nitrogens with one attached hydrogen (secondary N) is 1. The second kappa shape index (κ2) is 6.89. The van der Waals surface area contributed by atoms with E-state index in [9.17, 15) is 0 Å². The number of rotatable bonds is 5. The number of aryl methyl sites for hydroxylation is 1. The highest BCUT2D eigenvalue weighted by Crippen LogP contribution is 2.43. The molecular weight excluding hydrogens is 260 g/mol. The van der Waals surface area contributed by atoms with Gasteiger partial charge in [-0.2, -0.15) is 0 Å². The van der Waals surface area contributed by atoms with Gasteiger partial charge in [0.1, 0.15) is 0 Å². The van der Waals surface area contributed by atoms with Gasteiger partial charge in [0.25, 0.3) is 0 Å². The molecule has 0 aromatic carbocycles. The average Bonchev–Trinajstić information content (AvgIpc) is 2.97. The number of hydrogen-bond acceptors (Lipinski definition) is 3. The summed E-state index contributed by atoms with van der Waals surface area (Å²) in [5.74, 6) is 0.763. The summed E-state index contributed by atoms with van der Waals surface area (Å²) in [6.45, 7) is 0.954. The van der Waals surface area contributed by atoms with Gasteiger partial charge in [-0.1, -0.05) is 18.9 Å². The number of hydrogen-bond donors (Lipinski definition) is 1. The molecule has 116 valence electrons. The molecule has 1 N–H and O–H groups in total. The normalized spacial score (nSPS) is 26.0. The molecule has 21 heavy (non-hydrogen) atoms. The van der Waals surface area contributed by atoms with Gasteiger partial charge in [-0.25, -0.2) is 0 Å². The third-order valence-electron chi connectivity index (χ3n) is 5.45. The van der Waals surface area contributed by atoms with Crippen molar-refractivity contribution < 1.29 is 4.74 Å². The van der Waals surface area contributed by atoms with Crippen LogP contribution in [-0.4, -0.2) is 30.3 Å². The van der Waals surface area contributed by atoms with E-state index in [1.54, 1.807) is 0 Å². The van der Waals surface area contributed by atoms with Crippen molar-refractivity contribution in [2.45, 2.75) is 63.0 Å². The van der Waals surface area contributed by atoms with Crippen LogP contribution in [0, 0.1) is 5.92 Å². The molecule has 1 aliphatic carbocycles. The first-order chi connectivity index (χ1) is 10.3. The lowest BCUT2D eigenvalue weighted by Crippen LogP contribution is -2.45. The predicted octanol–water partition coefficient (Wildman–Crippen LogP) is 3.34. The molecule has 0 radical (unpaired) electrons. The fraction of sp³-hybridized carbons (Fsp3) is 0.722. The maximum absolute atomic E-state index is 6.18. The van der Waals surface area contributed by atoms with Gasteiger partial charge in [-0.05, 0) is 63.1 Å². The molecule has 1 spiro atoms. The maximum atomic E-state index is 6.18. The molecule has 2 aliphatic rings. The molecule has 3 nitrogen and oxygen atoms in total. The Morgan fingerprint density at radius 1 is 1.43 bits per heavy atom. The molecule has 3 heteroatoms. The molecule has 1 aliphatic heterocycles. The predicted molar refractivity (Wildman–Crippen MR) is 85.3 cm³/mol. The summed E-state index contributed by atoms with van der Waals surface area (Å²) in [7, 11) is 2.12. The van der Waals surface area contributed by atoms with Gasteiger partial charge in [-0.3, -0.25) is 4.98 Å². The fourth-order valence-corrected chi connectivity index (χ4v) is 4.26. The van der Waals surface area contributed by atoms with Gasteiger partial charge < -0.3 is 10.1 Å². The van der Waals surface area contributed by atoms with E-state index in [0.717, 1.165) is 18.9 Å². The maximum Gasteiger partial charge on any atom is 0.0685 e. The van der Waals surface area contributed by atoms with E-state index in [-0.39, 0.29) is 5.60 Å². The summed E-state index contributed by atoms with van der Waals surface area (Å²) < 4.78 is 6.18. The van der Waals surface area contributed by atoms with Crippen LogP contribution in [0.15, 0.2) is 24.5 Å². The smallest absolute Gasteiger partial charge is 0.0685 e. The highest BCUT2D eigenvalue weighted by molar-refractivity contribution is 5.09. The summed E-state index contributed by atoms with van der Waals surface area (Å²) in [6, 6.07) is 4.82. The van der Waals surface area contributed by atoms with Gasteiger partial charge in [0.05, 0.1) is 5.60 Å². The Balaban J connectivity index is 1.57. The molecule has 2 unspecified atom stereocenters. The summed E-state index contributed by atoms with van der Waals surface area (Å²) in [5, 5.41) is 3.57. The van der Waals surface area contributed by atoms with Crippen LogP contribution in [0.25, 0.3) is 0 Å². The fourth-order valence-electron chi connectivity index (χ4n) is 4.26. The standard InChI is InChI=1S/C18H28N2O/c1-19-17(7-6-15-5-4-11-20-14-15)16-8-12-21-18(13-16)9-2-3-10-18/h4-5,11,14,16-17,19H,2-3,6-10,12-13H2,1H3. The van der Waals surface area contributed by atoms with E-state index in [4.69, 9.17) is 4.74 Å². The van der Waals surface area contributed by atoms with Crippen molar-refractivity contribution in [2.24, 2.45) is 5.92 Å². The summed E-state index contributed by atoms with van der Waals surface area (Å²) >= 11 is 0. The minimum Gasteiger partial charge on any atom is -0.375 e. The zero-order valence-electron chi connectivity index (χ0n) is 13.2. The molecule has 3 rings (SSSR count). The summed E-state index contributed by atoms with van der Waals surface area (Å²) in [6.07, 6.45) is 13.9. The van der Waals surface area contributed by atoms with Crippen LogP contribution < -0.4 is 5.32 Å². The number of ether oxygens (including phenoxy) is 1. The van der Waals surface area contributed by atoms with Gasteiger partial charge in [-0.15, -0.1) is 0 Å². The van der Waals surface area contributed by atoms with Crippen molar-refractivity contribution in [3.63, 3.8) is 0 Å². The quantitative estimate of drug-likeness (QED) is 0.902. The zero-order valence-corrected chi connectivity index (χ0v) is 13.2. The molecular formula is C18H28N2O. The largest absolute Gasteiger partial charge is 0.375 e. The molecule has 0 amide bonds. The molecule has 1 saturated heterocycles. The number of aromatic nitrogens is 1. The molecule has 1 aromatic heterocycles. The second-order valence-corrected chi connectivity index (χ2v) is 6.79. The van der Waals surface area contributed by atoms with Gasteiger partial charge >= 0.3 is 0 Å². The van der Waals surface area contributed by atoms with Crippen molar-refractivity contribution in [1.29, 1.82) is 0 Å². The van der Waals surface area contributed by atoms with Gasteiger partial charge in [0.2, 0.25) is 0 Å². The Morgan fingerprint density at radius 3 is 3.00 bits per heavy atom. The molecule has 1 aromatic rings. The summed E-state index contributed by atoms with van der Waals surface area (Å²) in [5.41, 5.74) is 1.58. The first-order valence-corrected chi connectivity index (χ1v) is 8.51. The van der Waals surface area contributed by atoms with Crippen molar-refractivity contribution in [3.05, 3.63) is 30.1 Å². The molecule has 2 fully saturated rings. The first-order valence-electron chi connectivity index (χ1n) is 8.51. The van der Waals surface area contributed by atoms with Crippen LogP contribution in [0.3, 0.4) is 0 Å². The minimum atomic E-state index is 0.228. The van der Waals surface area contributed by atoms with E-state index in [2.05, 4.69) is 23.4 Å². The lowest BCUT2D eigenvalue weighted by atomic mass is 9.79. The van der Waals surface area contributed by atoms with Crippen LogP contribution in [0.5, 0.6) is 0 Å². The van der Waals surface area contributed by atoms with Crippen LogP contribution in [0.1, 0.15) is 50.5 Å². The minimum absolute atomic E-state index is 0.228. The molecule has 2 atom stereocenters. The van der Waals surface area contributed by atoms with Crippen LogP contribution in [0.2, 0.25) is 0 Å². The lowest BCUT2D eigenvalue weighted by Gasteiger charge is -2.41. The molecule has 0 bridgehead atoms. The lowest BCUT2D eigenvalue weighted by molar-refractivity contribution is -0.0979. The Kier molecular flexibility index (Phi) is 4.91. The molecule has 2 heterocycles. The van der Waals surface area contributed by atoms with Crippen LogP contribution in [0.4, 0.5) is 0 Å². The average molecular weight is 288 g/mol. The van der Waals surface area contributed by atoms with Gasteiger partial charge in [0.15, 0.2) is 0 Å². The Bertz CT molecular complexity index is 428. The highest BCUT2D eigenvalue weighted by atomic mass is 16.5. The van der Waals surface area contributed by atoms with Crippen LogP contribution >= 0.6 is 0 Å². The van der Waals surface area contributed by atoms with Crippen molar-refractivity contribution >= 4 is 0 Å². The SMILES string of the molecule is CNC(CCc1cccnc1)C1CCOC2(CCCC2)C1. The Hall–Kier alpha value is -0.930. The Labute approximate surface area is 128 Å². The van der Waals surface area contributed by atoms with Crippen molar-refractivity contribution in [2.75, 3.05) is 13.7 Å². The molecule has 1 saturated carbocycles. The third kappa shape index (κ3) is 3.64. The number of nitrogens with zero attached hydrogens (tertiary/aromatic N) is 1.